The molecular formula is C27H27Cl2N3O3. The maximum Gasteiger partial charge on any atom is 0.339 e. The first-order chi connectivity index (χ1) is 16.5. The van der Waals surface area contributed by atoms with Crippen molar-refractivity contribution >= 4 is 34.8 Å². The van der Waals surface area contributed by atoms with Crippen molar-refractivity contribution in [2.75, 3.05) is 7.11 Å². The van der Waals surface area contributed by atoms with Crippen molar-refractivity contribution < 1.29 is 14.3 Å². The van der Waals surface area contributed by atoms with Gasteiger partial charge in [0.1, 0.15) is 0 Å². The van der Waals surface area contributed by atoms with E-state index < -0.39 is 17.7 Å². The smallest absolute Gasteiger partial charge is 0.339 e. The van der Waals surface area contributed by atoms with Gasteiger partial charge < -0.3 is 9.47 Å². The Hall–Kier alpha value is -2.93. The van der Waals surface area contributed by atoms with Gasteiger partial charge in [0.2, 0.25) is 0 Å². The van der Waals surface area contributed by atoms with E-state index in [1.54, 1.807) is 10.7 Å². The molecule has 0 bridgehead atoms. The maximum absolute atomic E-state index is 13.0. The van der Waals surface area contributed by atoms with Crippen LogP contribution >= 0.6 is 23.2 Å². The summed E-state index contributed by atoms with van der Waals surface area (Å²) in [5, 5.41) is 5.81. The van der Waals surface area contributed by atoms with Gasteiger partial charge in [-0.1, -0.05) is 47.5 Å². The number of hydrogen-bond acceptors (Lipinski definition) is 5. The Kier molecular flexibility index (Phi) is 6.91. The highest BCUT2D eigenvalue weighted by Gasteiger charge is 2.34. The highest BCUT2D eigenvalue weighted by Crippen LogP contribution is 2.40. The van der Waals surface area contributed by atoms with E-state index in [1.165, 1.54) is 7.11 Å². The SMILES string of the molecule is COC(=O)C(OC(C)(C)C)c1c(C)nc2c(-c3cccc(Cl)c3)cnn2c1-c1ccc(C)cc1Cl. The molecule has 2 aromatic heterocycles. The van der Waals surface area contributed by atoms with E-state index in [0.29, 0.717) is 38.2 Å². The van der Waals surface area contributed by atoms with Crippen molar-refractivity contribution in [1.82, 2.24) is 14.6 Å². The van der Waals surface area contributed by atoms with E-state index in [4.69, 9.17) is 37.7 Å². The van der Waals surface area contributed by atoms with Crippen LogP contribution in [0.4, 0.5) is 0 Å². The Morgan fingerprint density at radius 1 is 1.06 bits per heavy atom. The highest BCUT2D eigenvalue weighted by atomic mass is 35.5. The fraction of sp³-hybridized carbons (Fsp3) is 0.296. The number of halogens is 2. The van der Waals surface area contributed by atoms with Gasteiger partial charge in [-0.2, -0.15) is 5.10 Å². The van der Waals surface area contributed by atoms with Crippen LogP contribution in [0.1, 0.15) is 43.7 Å². The minimum Gasteiger partial charge on any atom is -0.467 e. The fourth-order valence-corrected chi connectivity index (χ4v) is 4.56. The molecule has 8 heteroatoms. The lowest BCUT2D eigenvalue weighted by Crippen LogP contribution is -2.30. The second-order valence-corrected chi connectivity index (χ2v) is 10.2. The molecule has 0 amide bonds. The summed E-state index contributed by atoms with van der Waals surface area (Å²) in [6.45, 7) is 9.46. The predicted molar refractivity (Wildman–Crippen MR) is 139 cm³/mol. The molecule has 4 rings (SSSR count). The predicted octanol–water partition coefficient (Wildman–Crippen LogP) is 7.02. The van der Waals surface area contributed by atoms with Crippen molar-refractivity contribution in [1.29, 1.82) is 0 Å². The number of benzene rings is 2. The summed E-state index contributed by atoms with van der Waals surface area (Å²) < 4.78 is 13.1. The molecule has 0 spiro atoms. The molecule has 6 nitrogen and oxygen atoms in total. The van der Waals surface area contributed by atoms with E-state index in [-0.39, 0.29) is 0 Å². The molecule has 4 aromatic rings. The van der Waals surface area contributed by atoms with Crippen molar-refractivity contribution in [2.45, 2.75) is 46.3 Å². The van der Waals surface area contributed by atoms with Gasteiger partial charge >= 0.3 is 5.97 Å². The molecule has 0 saturated carbocycles. The zero-order valence-corrected chi connectivity index (χ0v) is 22.0. The summed E-state index contributed by atoms with van der Waals surface area (Å²) >= 11 is 13.0. The summed E-state index contributed by atoms with van der Waals surface area (Å²) in [5.41, 5.74) is 5.14. The largest absolute Gasteiger partial charge is 0.467 e. The van der Waals surface area contributed by atoms with Gasteiger partial charge in [0.05, 0.1) is 29.6 Å². The van der Waals surface area contributed by atoms with Crippen LogP contribution in [0.25, 0.3) is 28.0 Å². The Morgan fingerprint density at radius 3 is 2.43 bits per heavy atom. The average Bonchev–Trinajstić information content (AvgIpc) is 3.19. The number of esters is 1. The third-order valence-corrected chi connectivity index (χ3v) is 6.09. The van der Waals surface area contributed by atoms with Crippen LogP contribution in [0.15, 0.2) is 48.7 Å². The van der Waals surface area contributed by atoms with Crippen molar-refractivity contribution in [3.05, 3.63) is 75.5 Å². The number of aryl methyl sites for hydroxylation is 2. The Morgan fingerprint density at radius 2 is 1.80 bits per heavy atom. The third kappa shape index (κ3) is 5.06. The number of aromatic nitrogens is 3. The van der Waals surface area contributed by atoms with Crippen LogP contribution in [-0.4, -0.2) is 33.3 Å². The number of carbonyl (C=O) groups is 1. The molecule has 0 aliphatic rings. The van der Waals surface area contributed by atoms with Crippen LogP contribution < -0.4 is 0 Å². The molecule has 1 atom stereocenters. The summed E-state index contributed by atoms with van der Waals surface area (Å²) in [5.74, 6) is -0.532. The van der Waals surface area contributed by atoms with Gasteiger partial charge in [-0.15, -0.1) is 0 Å². The maximum atomic E-state index is 13.0. The van der Waals surface area contributed by atoms with Crippen LogP contribution in [0.3, 0.4) is 0 Å². The lowest BCUT2D eigenvalue weighted by Gasteiger charge is -2.28. The molecule has 0 fully saturated rings. The standard InChI is InChI=1S/C27H27Cl2N3O3/c1-15-10-11-19(21(29)12-15)23-22(24(26(33)34-6)35-27(3,4)5)16(2)31-25-20(14-30-32(23)25)17-8-7-9-18(28)13-17/h7-14,24H,1-6H3. The minimum absolute atomic E-state index is 0.525. The van der Waals surface area contributed by atoms with E-state index in [2.05, 4.69) is 5.10 Å². The molecule has 1 unspecified atom stereocenters. The van der Waals surface area contributed by atoms with E-state index in [0.717, 1.165) is 16.7 Å². The topological polar surface area (TPSA) is 65.7 Å². The number of ether oxygens (including phenoxy) is 2. The number of nitrogens with zero attached hydrogens (tertiary/aromatic N) is 3. The Labute approximate surface area is 214 Å². The average molecular weight is 512 g/mol. The highest BCUT2D eigenvalue weighted by molar-refractivity contribution is 6.33. The van der Waals surface area contributed by atoms with Crippen LogP contribution in [0, 0.1) is 13.8 Å². The van der Waals surface area contributed by atoms with Gasteiger partial charge in [0.25, 0.3) is 0 Å². The normalized spacial score (nSPS) is 12.7. The monoisotopic (exact) mass is 511 g/mol. The Balaban J connectivity index is 2.10. The molecule has 0 saturated heterocycles. The molecule has 0 radical (unpaired) electrons. The van der Waals surface area contributed by atoms with E-state index in [9.17, 15) is 4.79 Å². The lowest BCUT2D eigenvalue weighted by molar-refractivity contribution is -0.164. The number of carbonyl (C=O) groups excluding carboxylic acids is 1. The molecule has 0 N–H and O–H groups in total. The second-order valence-electron chi connectivity index (χ2n) is 9.38. The molecule has 182 valence electrons. The van der Waals surface area contributed by atoms with Gasteiger partial charge in [0, 0.05) is 27.4 Å². The second kappa shape index (κ2) is 9.61. The molecule has 35 heavy (non-hydrogen) atoms. The summed E-state index contributed by atoms with van der Waals surface area (Å²) in [7, 11) is 1.34. The molecule has 0 aliphatic heterocycles. The summed E-state index contributed by atoms with van der Waals surface area (Å²) in [4.78, 5) is 17.9. The van der Waals surface area contributed by atoms with Gasteiger partial charge in [-0.25, -0.2) is 14.3 Å². The molecule has 2 heterocycles. The van der Waals surface area contributed by atoms with E-state index >= 15 is 0 Å². The lowest BCUT2D eigenvalue weighted by atomic mass is 9.97. The Bertz CT molecular complexity index is 1420. The van der Waals surface area contributed by atoms with Gasteiger partial charge in [0.15, 0.2) is 11.8 Å². The first-order valence-corrected chi connectivity index (χ1v) is 11.9. The minimum atomic E-state index is -1.04. The number of methoxy groups -OCH3 is 1. The number of rotatable bonds is 5. The zero-order chi connectivity index (χ0) is 25.5. The summed E-state index contributed by atoms with van der Waals surface area (Å²) in [6, 6.07) is 13.3. The number of fused-ring (bicyclic) bond motifs is 1. The number of hydrogen-bond donors (Lipinski definition) is 0. The van der Waals surface area contributed by atoms with Crippen LogP contribution in [0.2, 0.25) is 10.0 Å². The van der Waals surface area contributed by atoms with Crippen LogP contribution in [-0.2, 0) is 14.3 Å². The van der Waals surface area contributed by atoms with Gasteiger partial charge in [-0.05, 0) is 63.9 Å². The van der Waals surface area contributed by atoms with E-state index in [1.807, 2.05) is 77.1 Å². The first-order valence-electron chi connectivity index (χ1n) is 11.2. The third-order valence-electron chi connectivity index (χ3n) is 5.54. The van der Waals surface area contributed by atoms with Crippen molar-refractivity contribution in [3.8, 4) is 22.4 Å². The first kappa shape index (κ1) is 25.2. The molecule has 2 aromatic carbocycles. The molecule has 0 aliphatic carbocycles. The zero-order valence-electron chi connectivity index (χ0n) is 20.5. The van der Waals surface area contributed by atoms with Crippen LogP contribution in [0.5, 0.6) is 0 Å². The quantitative estimate of drug-likeness (QED) is 0.269. The van der Waals surface area contributed by atoms with Crippen molar-refractivity contribution in [2.24, 2.45) is 0 Å². The van der Waals surface area contributed by atoms with Crippen molar-refractivity contribution in [3.63, 3.8) is 0 Å². The summed E-state index contributed by atoms with van der Waals surface area (Å²) in [6.07, 6.45) is 0.698. The molecular weight excluding hydrogens is 485 g/mol. The van der Waals surface area contributed by atoms with Gasteiger partial charge in [-0.3, -0.25) is 0 Å². The fourth-order valence-electron chi connectivity index (χ4n) is 4.05.